The Kier molecular flexibility index (Phi) is 14.6. The van der Waals surface area contributed by atoms with Gasteiger partial charge in [0.05, 0.1) is 5.76 Å². The average Bonchev–Trinajstić information content (AvgIpc) is 1.79. The van der Waals surface area contributed by atoms with Crippen LogP contribution in [0.1, 0.15) is 27.7 Å². The van der Waals surface area contributed by atoms with Gasteiger partial charge < -0.3 is 14.7 Å². The van der Waals surface area contributed by atoms with E-state index in [1.54, 1.807) is 0 Å². The van der Waals surface area contributed by atoms with Crippen LogP contribution in [0.15, 0.2) is 11.8 Å². The molecule has 5 heteroatoms. The first kappa shape index (κ1) is 19.6. The largest absolute Gasteiger partial charge is 0.512 e. The number of hydrogen-bond acceptors (Lipinski definition) is 4. The summed E-state index contributed by atoms with van der Waals surface area (Å²) < 4.78 is 0. The SMILES string of the molecule is CC(=O)/C=C(/C)O.CC(=O)[CH-]C(C)=O.[Pd]. The van der Waals surface area contributed by atoms with Crippen molar-refractivity contribution in [2.24, 2.45) is 0 Å². The van der Waals surface area contributed by atoms with Gasteiger partial charge >= 0.3 is 0 Å². The molecule has 15 heavy (non-hydrogen) atoms. The van der Waals surface area contributed by atoms with Crippen LogP contribution in [0.4, 0.5) is 0 Å². The smallest absolute Gasteiger partial charge is 0.155 e. The van der Waals surface area contributed by atoms with Crippen LogP contribution >= 0.6 is 0 Å². The molecule has 4 nitrogen and oxygen atoms in total. The van der Waals surface area contributed by atoms with Gasteiger partial charge in [-0.15, -0.1) is 0 Å². The van der Waals surface area contributed by atoms with Crippen molar-refractivity contribution >= 4 is 17.3 Å². The van der Waals surface area contributed by atoms with E-state index in [9.17, 15) is 14.4 Å². The maximum Gasteiger partial charge on any atom is 0.155 e. The third kappa shape index (κ3) is 32.0. The Morgan fingerprint density at radius 1 is 1.00 bits per heavy atom. The number of Topliss-reactive ketones (excluding diaryl/α,β-unsaturated/α-hetero) is 2. The average molecular weight is 306 g/mol. The van der Waals surface area contributed by atoms with Crippen LogP contribution in [-0.4, -0.2) is 22.5 Å². The number of allylic oxidation sites excluding steroid dienone is 2. The maximum absolute atomic E-state index is 10.0. The van der Waals surface area contributed by atoms with Crippen molar-refractivity contribution in [1.82, 2.24) is 0 Å². The normalized spacial score (nSPS) is 8.93. The van der Waals surface area contributed by atoms with Crippen molar-refractivity contribution in [1.29, 1.82) is 0 Å². The van der Waals surface area contributed by atoms with Crippen molar-refractivity contribution in [3.8, 4) is 0 Å². The van der Waals surface area contributed by atoms with Crippen LogP contribution in [-0.2, 0) is 34.8 Å². The van der Waals surface area contributed by atoms with Gasteiger partial charge in [-0.3, -0.25) is 11.2 Å². The van der Waals surface area contributed by atoms with E-state index >= 15 is 0 Å². The minimum atomic E-state index is -0.187. The minimum absolute atomic E-state index is 0. The standard InChI is InChI=1S/C5H8O2.C5H7O2.Pd/c2*1-4(6)3-5(2)7;/h3,6H,1-2H3;3H,1-2H3;/q;-1;/b4-3-;;. The zero-order chi connectivity index (χ0) is 11.7. The molecule has 0 aliphatic heterocycles. The van der Waals surface area contributed by atoms with Crippen LogP contribution in [0.3, 0.4) is 0 Å². The molecular formula is C10H15O4Pd-. The quantitative estimate of drug-likeness (QED) is 0.281. The second-order valence-electron chi connectivity index (χ2n) is 2.76. The summed E-state index contributed by atoms with van der Waals surface area (Å²) in [6.07, 6.45) is 2.22. The van der Waals surface area contributed by atoms with E-state index in [4.69, 9.17) is 5.11 Å². The first-order valence-corrected chi connectivity index (χ1v) is 3.99. The van der Waals surface area contributed by atoms with E-state index < -0.39 is 0 Å². The van der Waals surface area contributed by atoms with Crippen molar-refractivity contribution in [2.45, 2.75) is 27.7 Å². The predicted octanol–water partition coefficient (Wildman–Crippen LogP) is 1.40. The van der Waals surface area contributed by atoms with Crippen molar-refractivity contribution in [3.05, 3.63) is 18.3 Å². The van der Waals surface area contributed by atoms with Gasteiger partial charge in [-0.1, -0.05) is 0 Å². The number of aliphatic hydroxyl groups is 1. The van der Waals surface area contributed by atoms with Crippen LogP contribution in [0.2, 0.25) is 0 Å². The monoisotopic (exact) mass is 305 g/mol. The summed E-state index contributed by atoms with van der Waals surface area (Å²) in [5, 5.41) is 8.36. The van der Waals surface area contributed by atoms with E-state index in [2.05, 4.69) is 0 Å². The molecule has 0 heterocycles. The zero-order valence-electron chi connectivity index (χ0n) is 9.14. The Labute approximate surface area is 103 Å². The third-order valence-corrected chi connectivity index (χ3v) is 0.819. The predicted molar refractivity (Wildman–Crippen MR) is 52.7 cm³/mol. The fourth-order valence-electron chi connectivity index (χ4n) is 0.580. The Hall–Kier alpha value is -0.918. The summed E-state index contributed by atoms with van der Waals surface area (Å²) in [7, 11) is 0. The van der Waals surface area contributed by atoms with E-state index in [-0.39, 0.29) is 43.5 Å². The van der Waals surface area contributed by atoms with Gasteiger partial charge in [-0.25, -0.2) is 0 Å². The molecule has 0 rings (SSSR count). The second kappa shape index (κ2) is 11.2. The van der Waals surface area contributed by atoms with Crippen LogP contribution in [0.25, 0.3) is 0 Å². The number of carbonyl (C=O) groups excluding carboxylic acids is 3. The van der Waals surface area contributed by atoms with Gasteiger partial charge in [0.1, 0.15) is 0 Å². The summed E-state index contributed by atoms with van der Waals surface area (Å²) in [6.45, 7) is 5.55. The maximum atomic E-state index is 10.0. The fraction of sp³-hybridized carbons (Fsp3) is 0.400. The molecular weight excluding hydrogens is 291 g/mol. The van der Waals surface area contributed by atoms with Crippen LogP contribution in [0, 0.1) is 6.42 Å². The van der Waals surface area contributed by atoms with Crippen LogP contribution in [0.5, 0.6) is 0 Å². The van der Waals surface area contributed by atoms with Gasteiger partial charge in [0.25, 0.3) is 0 Å². The van der Waals surface area contributed by atoms with Crippen molar-refractivity contribution < 1.29 is 39.9 Å². The molecule has 0 saturated heterocycles. The number of aliphatic hydroxyl groups excluding tert-OH is 1. The fourth-order valence-corrected chi connectivity index (χ4v) is 0.580. The zero-order valence-corrected chi connectivity index (χ0v) is 10.7. The van der Waals surface area contributed by atoms with E-state index in [0.29, 0.717) is 0 Å². The molecule has 0 aromatic rings. The topological polar surface area (TPSA) is 71.4 Å². The molecule has 0 amide bonds. The first-order valence-electron chi connectivity index (χ1n) is 3.99. The van der Waals surface area contributed by atoms with Crippen molar-refractivity contribution in [3.63, 3.8) is 0 Å². The molecule has 0 aromatic carbocycles. The number of carbonyl (C=O) groups is 3. The molecule has 0 aliphatic rings. The van der Waals surface area contributed by atoms with Crippen molar-refractivity contribution in [2.75, 3.05) is 0 Å². The molecule has 0 unspecified atom stereocenters. The van der Waals surface area contributed by atoms with Gasteiger partial charge in [-0.2, -0.15) is 0 Å². The van der Waals surface area contributed by atoms with Gasteiger partial charge in [-0.05, 0) is 27.7 Å². The summed E-state index contributed by atoms with van der Waals surface area (Å²) in [4.78, 5) is 30.0. The third-order valence-electron chi connectivity index (χ3n) is 0.819. The number of hydrogen-bond donors (Lipinski definition) is 1. The molecule has 1 N–H and O–H groups in total. The molecule has 0 fully saturated rings. The van der Waals surface area contributed by atoms with Crippen LogP contribution < -0.4 is 0 Å². The number of ketones is 3. The summed E-state index contributed by atoms with van der Waals surface area (Å²) in [5.74, 6) is -0.437. The van der Waals surface area contributed by atoms with Gasteiger partial charge in [0.2, 0.25) is 0 Å². The molecule has 0 saturated carbocycles. The minimum Gasteiger partial charge on any atom is -0.512 e. The summed E-state index contributed by atoms with van der Waals surface area (Å²) in [6, 6.07) is 0. The molecule has 0 spiro atoms. The summed E-state index contributed by atoms with van der Waals surface area (Å²) in [5.41, 5.74) is 0. The van der Waals surface area contributed by atoms with E-state index in [1.165, 1.54) is 33.8 Å². The number of rotatable bonds is 3. The Balaban J connectivity index is -0.000000180. The van der Waals surface area contributed by atoms with Gasteiger partial charge in [0.15, 0.2) is 5.78 Å². The molecule has 0 atom stereocenters. The molecule has 0 radical (unpaired) electrons. The second-order valence-corrected chi connectivity index (χ2v) is 2.76. The van der Waals surface area contributed by atoms with Gasteiger partial charge in [0, 0.05) is 38.1 Å². The Morgan fingerprint density at radius 3 is 1.33 bits per heavy atom. The van der Waals surface area contributed by atoms with E-state index in [0.717, 1.165) is 6.42 Å². The molecule has 0 aromatic heterocycles. The molecule has 0 bridgehead atoms. The molecule has 90 valence electrons. The Bertz CT molecular complexity index is 240. The molecule has 0 aliphatic carbocycles. The first-order chi connectivity index (χ1) is 6.25. The Morgan fingerprint density at radius 2 is 1.33 bits per heavy atom. The van der Waals surface area contributed by atoms with E-state index in [1.807, 2.05) is 0 Å². The summed E-state index contributed by atoms with van der Waals surface area (Å²) >= 11 is 0.